The molecule has 0 saturated heterocycles. The highest BCUT2D eigenvalue weighted by Gasteiger charge is 2.04. The van der Waals surface area contributed by atoms with Crippen LogP contribution < -0.4 is 4.74 Å². The molecular weight excluding hydrogens is 390 g/mol. The summed E-state index contributed by atoms with van der Waals surface area (Å²) in [5.41, 5.74) is 3.09. The monoisotopic (exact) mass is 415 g/mol. The maximum Gasteiger partial charge on any atom is 0.218 e. The number of aliphatic hydroxyl groups is 1. The van der Waals surface area contributed by atoms with Gasteiger partial charge in [-0.3, -0.25) is 0 Å². The van der Waals surface area contributed by atoms with Gasteiger partial charge in [0.15, 0.2) is 0 Å². The van der Waals surface area contributed by atoms with Gasteiger partial charge in [-0.15, -0.1) is 0 Å². The molecule has 31 heavy (non-hydrogen) atoms. The van der Waals surface area contributed by atoms with Gasteiger partial charge in [0.1, 0.15) is 36.7 Å². The Kier molecular flexibility index (Phi) is 6.92. The zero-order valence-electron chi connectivity index (χ0n) is 17.2. The Hall–Kier alpha value is -3.64. The molecule has 0 atom stereocenters. The first-order valence-electron chi connectivity index (χ1n) is 10.3. The summed E-state index contributed by atoms with van der Waals surface area (Å²) in [6, 6.07) is 18.1. The van der Waals surface area contributed by atoms with E-state index >= 15 is 0 Å². The maximum atomic E-state index is 9.25. The third kappa shape index (κ3) is 5.93. The molecule has 0 fully saturated rings. The molecule has 0 aliphatic rings. The Labute approximate surface area is 181 Å². The second-order valence-electron chi connectivity index (χ2n) is 7.15. The van der Waals surface area contributed by atoms with Crippen LogP contribution in [0.1, 0.15) is 35.0 Å². The van der Waals surface area contributed by atoms with Crippen LogP contribution in [0.15, 0.2) is 77.7 Å². The van der Waals surface area contributed by atoms with E-state index in [-0.39, 0.29) is 6.61 Å². The molecule has 4 aromatic rings. The van der Waals surface area contributed by atoms with Gasteiger partial charge in [0.2, 0.25) is 5.89 Å². The normalized spacial score (nSPS) is 11.3. The van der Waals surface area contributed by atoms with Crippen molar-refractivity contribution < 1.29 is 14.3 Å². The average Bonchev–Trinajstić information content (AvgIpc) is 3.47. The zero-order valence-corrected chi connectivity index (χ0v) is 17.2. The van der Waals surface area contributed by atoms with E-state index in [1.165, 1.54) is 5.56 Å². The van der Waals surface area contributed by atoms with Crippen LogP contribution in [-0.2, 0) is 26.2 Å². The van der Waals surface area contributed by atoms with Crippen molar-refractivity contribution >= 4 is 12.2 Å². The fraction of sp³-hybridized carbons (Fsp3) is 0.200. The molecule has 0 saturated carbocycles. The van der Waals surface area contributed by atoms with E-state index in [2.05, 4.69) is 22.1 Å². The van der Waals surface area contributed by atoms with E-state index in [4.69, 9.17) is 9.15 Å². The van der Waals surface area contributed by atoms with Crippen molar-refractivity contribution in [3.8, 4) is 5.75 Å². The van der Waals surface area contributed by atoms with Crippen LogP contribution in [0.3, 0.4) is 0 Å². The van der Waals surface area contributed by atoms with E-state index in [1.54, 1.807) is 12.5 Å². The number of benzene rings is 2. The number of oxazole rings is 1. The standard InChI is InChI=1S/C25H25N3O3/c29-17-24-26-14-16-28(24)15-4-7-21-8-11-23(12-9-21)30-18-22-19-31-25(27-22)13-10-20-5-2-1-3-6-20/h1-3,5-6,8-14,16,19,29H,4,7,15,17-18H2. The van der Waals surface area contributed by atoms with Gasteiger partial charge >= 0.3 is 0 Å². The Morgan fingerprint density at radius 3 is 2.68 bits per heavy atom. The molecule has 0 aliphatic carbocycles. The highest BCUT2D eigenvalue weighted by Crippen LogP contribution is 2.16. The van der Waals surface area contributed by atoms with E-state index in [0.717, 1.165) is 36.4 Å². The molecule has 0 spiro atoms. The van der Waals surface area contributed by atoms with E-state index in [1.807, 2.05) is 65.4 Å². The van der Waals surface area contributed by atoms with Crippen LogP contribution in [0.5, 0.6) is 5.75 Å². The van der Waals surface area contributed by atoms with Crippen LogP contribution in [0.4, 0.5) is 0 Å². The Morgan fingerprint density at radius 2 is 1.87 bits per heavy atom. The molecule has 2 heterocycles. The molecule has 2 aromatic carbocycles. The number of aromatic nitrogens is 3. The quantitative estimate of drug-likeness (QED) is 0.405. The van der Waals surface area contributed by atoms with Crippen LogP contribution in [0.25, 0.3) is 12.2 Å². The van der Waals surface area contributed by atoms with Crippen molar-refractivity contribution in [1.82, 2.24) is 14.5 Å². The molecule has 0 aliphatic heterocycles. The van der Waals surface area contributed by atoms with E-state index in [0.29, 0.717) is 18.3 Å². The van der Waals surface area contributed by atoms with Crippen LogP contribution in [-0.4, -0.2) is 19.6 Å². The summed E-state index contributed by atoms with van der Waals surface area (Å²) in [6.07, 6.45) is 11.0. The predicted molar refractivity (Wildman–Crippen MR) is 119 cm³/mol. The number of imidazole rings is 1. The molecule has 0 amide bonds. The topological polar surface area (TPSA) is 73.3 Å². The van der Waals surface area contributed by atoms with Gasteiger partial charge in [-0.25, -0.2) is 9.97 Å². The van der Waals surface area contributed by atoms with Gasteiger partial charge in [0.25, 0.3) is 0 Å². The van der Waals surface area contributed by atoms with Crippen LogP contribution in [0, 0.1) is 0 Å². The highest BCUT2D eigenvalue weighted by atomic mass is 16.5. The largest absolute Gasteiger partial charge is 0.487 e. The summed E-state index contributed by atoms with van der Waals surface area (Å²) in [6.45, 7) is 1.16. The van der Waals surface area contributed by atoms with Crippen molar-refractivity contribution in [2.24, 2.45) is 0 Å². The Morgan fingerprint density at radius 1 is 1.03 bits per heavy atom. The first kappa shape index (κ1) is 20.6. The minimum absolute atomic E-state index is 0.0324. The van der Waals surface area contributed by atoms with Crippen LogP contribution >= 0.6 is 0 Å². The second-order valence-corrected chi connectivity index (χ2v) is 7.15. The van der Waals surface area contributed by atoms with Gasteiger partial charge < -0.3 is 18.8 Å². The molecule has 0 unspecified atom stereocenters. The summed E-state index contributed by atoms with van der Waals surface area (Å²) >= 11 is 0. The van der Waals surface area contributed by atoms with Gasteiger partial charge in [0.05, 0.1) is 0 Å². The molecule has 2 aromatic heterocycles. The fourth-order valence-corrected chi connectivity index (χ4v) is 3.26. The fourth-order valence-electron chi connectivity index (χ4n) is 3.26. The molecular formula is C25H25N3O3. The molecule has 1 N–H and O–H groups in total. The first-order chi connectivity index (χ1) is 15.3. The smallest absolute Gasteiger partial charge is 0.218 e. The van der Waals surface area contributed by atoms with E-state index < -0.39 is 0 Å². The zero-order chi connectivity index (χ0) is 21.3. The van der Waals surface area contributed by atoms with Crippen molar-refractivity contribution in [2.45, 2.75) is 32.6 Å². The predicted octanol–water partition coefficient (Wildman–Crippen LogP) is 4.75. The van der Waals surface area contributed by atoms with Crippen molar-refractivity contribution in [2.75, 3.05) is 0 Å². The minimum Gasteiger partial charge on any atom is -0.487 e. The van der Waals surface area contributed by atoms with Gasteiger partial charge in [-0.1, -0.05) is 42.5 Å². The summed E-state index contributed by atoms with van der Waals surface area (Å²) in [7, 11) is 0. The average molecular weight is 415 g/mol. The first-order valence-corrected chi connectivity index (χ1v) is 10.3. The summed E-state index contributed by atoms with van der Waals surface area (Å²) in [5, 5.41) is 9.25. The lowest BCUT2D eigenvalue weighted by Gasteiger charge is -2.07. The molecule has 0 bridgehead atoms. The maximum absolute atomic E-state index is 9.25. The van der Waals surface area contributed by atoms with Gasteiger partial charge in [-0.2, -0.15) is 0 Å². The minimum atomic E-state index is -0.0324. The lowest BCUT2D eigenvalue weighted by molar-refractivity contribution is 0.264. The highest BCUT2D eigenvalue weighted by molar-refractivity contribution is 5.65. The van der Waals surface area contributed by atoms with Crippen molar-refractivity contribution in [3.63, 3.8) is 0 Å². The molecule has 6 heteroatoms. The Balaban J connectivity index is 1.23. The lowest BCUT2D eigenvalue weighted by atomic mass is 10.1. The molecule has 158 valence electrons. The number of hydrogen-bond donors (Lipinski definition) is 1. The summed E-state index contributed by atoms with van der Waals surface area (Å²) in [5.74, 6) is 2.06. The number of nitrogens with zero attached hydrogens (tertiary/aromatic N) is 3. The van der Waals surface area contributed by atoms with E-state index in [9.17, 15) is 5.11 Å². The molecule has 0 radical (unpaired) electrons. The van der Waals surface area contributed by atoms with Gasteiger partial charge in [0, 0.05) is 25.0 Å². The Bertz CT molecular complexity index is 1100. The third-order valence-corrected chi connectivity index (χ3v) is 4.91. The third-order valence-electron chi connectivity index (χ3n) is 4.91. The van der Waals surface area contributed by atoms with Crippen molar-refractivity contribution in [3.05, 3.63) is 102 Å². The second kappa shape index (κ2) is 10.4. The number of rotatable bonds is 10. The van der Waals surface area contributed by atoms with Crippen molar-refractivity contribution in [1.29, 1.82) is 0 Å². The van der Waals surface area contributed by atoms with Crippen LogP contribution in [0.2, 0.25) is 0 Å². The number of ether oxygens (including phenoxy) is 1. The summed E-state index contributed by atoms with van der Waals surface area (Å²) in [4.78, 5) is 8.56. The van der Waals surface area contributed by atoms with Gasteiger partial charge in [-0.05, 0) is 42.2 Å². The molecule has 6 nitrogen and oxygen atoms in total. The lowest BCUT2D eigenvalue weighted by Crippen LogP contribution is -2.04. The number of aliphatic hydroxyl groups excluding tert-OH is 1. The summed E-state index contributed by atoms with van der Waals surface area (Å²) < 4.78 is 13.3. The molecule has 4 rings (SSSR count). The number of aryl methyl sites for hydroxylation is 2. The SMILES string of the molecule is OCc1nccn1CCCc1ccc(OCc2coc(C=Cc3ccccc3)n2)cc1. The number of hydrogen-bond acceptors (Lipinski definition) is 5.